The van der Waals surface area contributed by atoms with Crippen molar-refractivity contribution in [3.8, 4) is 0 Å². The smallest absolute Gasteiger partial charge is 0.323 e. The van der Waals surface area contributed by atoms with Crippen molar-refractivity contribution in [2.75, 3.05) is 11.4 Å². The predicted molar refractivity (Wildman–Crippen MR) is 68.2 cm³/mol. The summed E-state index contributed by atoms with van der Waals surface area (Å²) in [5.74, 6) is -0.178. The summed E-state index contributed by atoms with van der Waals surface area (Å²) in [6.45, 7) is 2.31. The Balaban J connectivity index is 2.22. The molecule has 17 heavy (non-hydrogen) atoms. The molecule has 2 atom stereocenters. The van der Waals surface area contributed by atoms with Gasteiger partial charge in [0.1, 0.15) is 6.54 Å². The van der Waals surface area contributed by atoms with Crippen LogP contribution in [0.3, 0.4) is 0 Å². The fourth-order valence-electron chi connectivity index (χ4n) is 2.75. The van der Waals surface area contributed by atoms with Crippen molar-refractivity contribution < 1.29 is 9.90 Å². The van der Waals surface area contributed by atoms with Gasteiger partial charge in [-0.25, -0.2) is 0 Å². The fourth-order valence-corrected chi connectivity index (χ4v) is 2.75. The maximum Gasteiger partial charge on any atom is 0.323 e. The summed E-state index contributed by atoms with van der Waals surface area (Å²) in [6.07, 6.45) is 3.51. The fraction of sp³-hybridized carbons (Fsp3) is 0.500. The lowest BCUT2D eigenvalue weighted by atomic mass is 10.0. The zero-order chi connectivity index (χ0) is 12.3. The number of nitrogens with zero attached hydrogens (tertiary/aromatic N) is 1. The molecule has 1 aromatic rings. The second-order valence-electron chi connectivity index (χ2n) is 4.83. The molecular weight excluding hydrogens is 214 g/mol. The lowest BCUT2D eigenvalue weighted by Crippen LogP contribution is -2.40. The van der Waals surface area contributed by atoms with E-state index in [1.54, 1.807) is 0 Å². The van der Waals surface area contributed by atoms with Gasteiger partial charge in [0.15, 0.2) is 0 Å². The Labute approximate surface area is 102 Å². The highest BCUT2D eigenvalue weighted by atomic mass is 16.4. The maximum absolute atomic E-state index is 11.0. The first-order chi connectivity index (χ1) is 8.18. The van der Waals surface area contributed by atoms with Gasteiger partial charge in [-0.1, -0.05) is 31.5 Å². The van der Waals surface area contributed by atoms with E-state index in [0.29, 0.717) is 12.0 Å². The van der Waals surface area contributed by atoms with Gasteiger partial charge in [0, 0.05) is 11.7 Å². The standard InChI is InChI=1S/C14H19NO2/c1-11-6-5-9-13(11)15(10-14(16)17)12-7-3-2-4-8-12/h2-4,7-8,11,13H,5-6,9-10H2,1H3,(H,16,17). The highest BCUT2D eigenvalue weighted by Crippen LogP contribution is 2.32. The monoisotopic (exact) mass is 233 g/mol. The van der Waals surface area contributed by atoms with Gasteiger partial charge in [0.2, 0.25) is 0 Å². The summed E-state index contributed by atoms with van der Waals surface area (Å²) < 4.78 is 0. The van der Waals surface area contributed by atoms with Crippen LogP contribution in [0.25, 0.3) is 0 Å². The first-order valence-electron chi connectivity index (χ1n) is 6.22. The van der Waals surface area contributed by atoms with E-state index in [4.69, 9.17) is 5.11 Å². The highest BCUT2D eigenvalue weighted by Gasteiger charge is 2.30. The number of benzene rings is 1. The van der Waals surface area contributed by atoms with Crippen LogP contribution in [0.5, 0.6) is 0 Å². The molecule has 1 N–H and O–H groups in total. The van der Waals surface area contributed by atoms with E-state index in [2.05, 4.69) is 6.92 Å². The quantitative estimate of drug-likeness (QED) is 0.869. The summed E-state index contributed by atoms with van der Waals surface area (Å²) in [6, 6.07) is 10.2. The average molecular weight is 233 g/mol. The van der Waals surface area contributed by atoms with Crippen molar-refractivity contribution >= 4 is 11.7 Å². The molecule has 0 aromatic heterocycles. The van der Waals surface area contributed by atoms with Crippen LogP contribution in [0.15, 0.2) is 30.3 Å². The van der Waals surface area contributed by atoms with E-state index >= 15 is 0 Å². The van der Waals surface area contributed by atoms with Crippen molar-refractivity contribution in [3.63, 3.8) is 0 Å². The molecule has 1 aliphatic carbocycles. The molecule has 0 amide bonds. The number of carbonyl (C=O) groups is 1. The number of aliphatic carboxylic acids is 1. The second kappa shape index (κ2) is 5.21. The molecule has 2 rings (SSSR count). The number of hydrogen-bond donors (Lipinski definition) is 1. The maximum atomic E-state index is 11.0. The summed E-state index contributed by atoms with van der Waals surface area (Å²) in [5, 5.41) is 9.05. The van der Waals surface area contributed by atoms with Crippen molar-refractivity contribution in [2.45, 2.75) is 32.2 Å². The third-order valence-electron chi connectivity index (χ3n) is 3.61. The molecule has 0 bridgehead atoms. The van der Waals surface area contributed by atoms with Crippen LogP contribution >= 0.6 is 0 Å². The summed E-state index contributed by atoms with van der Waals surface area (Å²) in [4.78, 5) is 13.0. The normalized spacial score (nSPS) is 23.6. The van der Waals surface area contributed by atoms with Gasteiger partial charge >= 0.3 is 5.97 Å². The largest absolute Gasteiger partial charge is 0.480 e. The number of carboxylic acid groups (broad SMARTS) is 1. The lowest BCUT2D eigenvalue weighted by molar-refractivity contribution is -0.135. The Morgan fingerprint density at radius 3 is 2.59 bits per heavy atom. The van der Waals surface area contributed by atoms with Crippen LogP contribution < -0.4 is 4.90 Å². The van der Waals surface area contributed by atoms with Crippen molar-refractivity contribution in [1.82, 2.24) is 0 Å². The van der Waals surface area contributed by atoms with Crippen LogP contribution in [-0.2, 0) is 4.79 Å². The third-order valence-corrected chi connectivity index (χ3v) is 3.61. The Morgan fingerprint density at radius 1 is 1.35 bits per heavy atom. The first-order valence-corrected chi connectivity index (χ1v) is 6.22. The molecule has 3 nitrogen and oxygen atoms in total. The molecule has 0 aliphatic heterocycles. The number of para-hydroxylation sites is 1. The Morgan fingerprint density at radius 2 is 2.06 bits per heavy atom. The van der Waals surface area contributed by atoms with Gasteiger partial charge in [-0.15, -0.1) is 0 Å². The molecule has 92 valence electrons. The molecule has 1 saturated carbocycles. The number of rotatable bonds is 4. The second-order valence-corrected chi connectivity index (χ2v) is 4.83. The third kappa shape index (κ3) is 2.78. The van der Waals surface area contributed by atoms with Crippen LogP contribution in [0, 0.1) is 5.92 Å². The first kappa shape index (κ1) is 12.0. The Bertz CT molecular complexity index is 377. The molecule has 0 spiro atoms. The van der Waals surface area contributed by atoms with Gasteiger partial charge < -0.3 is 10.0 Å². The van der Waals surface area contributed by atoms with E-state index in [0.717, 1.165) is 12.1 Å². The number of carboxylic acids is 1. The zero-order valence-corrected chi connectivity index (χ0v) is 10.2. The van der Waals surface area contributed by atoms with Crippen molar-refractivity contribution in [3.05, 3.63) is 30.3 Å². The summed E-state index contributed by atoms with van der Waals surface area (Å²) >= 11 is 0. The van der Waals surface area contributed by atoms with Gasteiger partial charge in [0.05, 0.1) is 0 Å². The van der Waals surface area contributed by atoms with Gasteiger partial charge in [-0.2, -0.15) is 0 Å². The minimum absolute atomic E-state index is 0.0962. The average Bonchev–Trinajstić information content (AvgIpc) is 2.73. The molecule has 0 heterocycles. The minimum Gasteiger partial charge on any atom is -0.480 e. The van der Waals surface area contributed by atoms with Crippen LogP contribution in [0.4, 0.5) is 5.69 Å². The molecule has 0 radical (unpaired) electrons. The molecular formula is C14H19NO2. The molecule has 0 saturated heterocycles. The van der Waals surface area contributed by atoms with Crippen LogP contribution in [-0.4, -0.2) is 23.7 Å². The van der Waals surface area contributed by atoms with Gasteiger partial charge in [-0.3, -0.25) is 4.79 Å². The zero-order valence-electron chi connectivity index (χ0n) is 10.2. The van der Waals surface area contributed by atoms with E-state index in [1.807, 2.05) is 35.2 Å². The lowest BCUT2D eigenvalue weighted by Gasteiger charge is -2.32. The highest BCUT2D eigenvalue weighted by molar-refractivity contribution is 5.74. The molecule has 1 aromatic carbocycles. The minimum atomic E-state index is -0.757. The van der Waals surface area contributed by atoms with Gasteiger partial charge in [-0.05, 0) is 30.9 Å². The van der Waals surface area contributed by atoms with E-state index in [-0.39, 0.29) is 6.54 Å². The van der Waals surface area contributed by atoms with Crippen LogP contribution in [0.2, 0.25) is 0 Å². The van der Waals surface area contributed by atoms with E-state index in [1.165, 1.54) is 12.8 Å². The molecule has 1 aliphatic rings. The topological polar surface area (TPSA) is 40.5 Å². The van der Waals surface area contributed by atoms with Crippen molar-refractivity contribution in [2.24, 2.45) is 5.92 Å². The molecule has 1 fully saturated rings. The molecule has 2 unspecified atom stereocenters. The Kier molecular flexibility index (Phi) is 3.67. The number of anilines is 1. The summed E-state index contributed by atoms with van der Waals surface area (Å²) in [7, 11) is 0. The SMILES string of the molecule is CC1CCCC1N(CC(=O)O)c1ccccc1. The molecule has 3 heteroatoms. The van der Waals surface area contributed by atoms with Crippen molar-refractivity contribution in [1.29, 1.82) is 0 Å². The van der Waals surface area contributed by atoms with Gasteiger partial charge in [0.25, 0.3) is 0 Å². The summed E-state index contributed by atoms with van der Waals surface area (Å²) in [5.41, 5.74) is 1.02. The van der Waals surface area contributed by atoms with E-state index < -0.39 is 5.97 Å². The Hall–Kier alpha value is -1.51. The predicted octanol–water partition coefficient (Wildman–Crippen LogP) is 2.77. The van der Waals surface area contributed by atoms with E-state index in [9.17, 15) is 4.79 Å². The van der Waals surface area contributed by atoms with Crippen LogP contribution in [0.1, 0.15) is 26.2 Å². The number of hydrogen-bond acceptors (Lipinski definition) is 2.